The van der Waals surface area contributed by atoms with E-state index < -0.39 is 0 Å². The van der Waals surface area contributed by atoms with Gasteiger partial charge in [0, 0.05) is 60.9 Å². The van der Waals surface area contributed by atoms with E-state index in [4.69, 9.17) is 25.4 Å². The zero-order chi connectivity index (χ0) is 44.0. The van der Waals surface area contributed by atoms with Crippen molar-refractivity contribution >= 4 is 50.3 Å². The summed E-state index contributed by atoms with van der Waals surface area (Å²) in [4.78, 5) is 20.8. The first-order chi connectivity index (χ1) is 32.7. The molecule has 3 heterocycles. The molecule has 7 nitrogen and oxygen atoms in total. The summed E-state index contributed by atoms with van der Waals surface area (Å²) in [5.41, 5.74) is 14.1. The minimum Gasteiger partial charge on any atom is -0.309 e. The second-order valence-electron chi connectivity index (χ2n) is 16.5. The summed E-state index contributed by atoms with van der Waals surface area (Å²) in [5.74, 6) is 2.04. The van der Waals surface area contributed by atoms with Crippen molar-refractivity contribution in [1.29, 1.82) is 5.41 Å². The van der Waals surface area contributed by atoms with Gasteiger partial charge in [-0.25, -0.2) is 9.98 Å². The molecule has 0 spiro atoms. The van der Waals surface area contributed by atoms with Crippen LogP contribution >= 0.6 is 0 Å². The van der Waals surface area contributed by atoms with E-state index in [1.54, 1.807) is 0 Å². The number of nitrogens with zero attached hydrogens (tertiary/aromatic N) is 6. The smallest absolute Gasteiger partial charge is 0.238 e. The second kappa shape index (κ2) is 16.4. The predicted octanol–water partition coefficient (Wildman–Crippen LogP) is 13.7. The molecule has 0 bridgehead atoms. The van der Waals surface area contributed by atoms with E-state index in [2.05, 4.69) is 143 Å². The van der Waals surface area contributed by atoms with E-state index in [9.17, 15) is 0 Å². The Morgan fingerprint density at radius 1 is 0.485 bits per heavy atom. The first-order valence-electron chi connectivity index (χ1n) is 22.3. The van der Waals surface area contributed by atoms with Gasteiger partial charge in [-0.2, -0.15) is 9.97 Å². The largest absolute Gasteiger partial charge is 0.309 e. The lowest BCUT2D eigenvalue weighted by molar-refractivity contribution is 0.840. The molecule has 1 aliphatic rings. The Kier molecular flexibility index (Phi) is 9.64. The van der Waals surface area contributed by atoms with Gasteiger partial charge in [0.15, 0.2) is 17.5 Å². The van der Waals surface area contributed by atoms with E-state index in [0.29, 0.717) is 17.6 Å². The molecule has 0 saturated carbocycles. The van der Waals surface area contributed by atoms with E-state index >= 15 is 0 Å². The van der Waals surface area contributed by atoms with Crippen LogP contribution in [0.5, 0.6) is 0 Å². The topological polar surface area (TPSA) is 84.7 Å². The fraction of sp³-hybridized carbons (Fsp3) is 0.0339. The van der Waals surface area contributed by atoms with Crippen molar-refractivity contribution in [1.82, 2.24) is 24.1 Å². The van der Waals surface area contributed by atoms with Gasteiger partial charge in [0.1, 0.15) is 0 Å². The van der Waals surface area contributed by atoms with Gasteiger partial charge in [-0.05, 0) is 54.3 Å². The Morgan fingerprint density at radius 3 is 1.83 bits per heavy atom. The van der Waals surface area contributed by atoms with Crippen LogP contribution in [0.3, 0.4) is 0 Å². The molecule has 1 N–H and O–H groups in total. The van der Waals surface area contributed by atoms with E-state index in [1.807, 2.05) is 84.9 Å². The monoisotopic (exact) mass is 847 g/mol. The third-order valence-corrected chi connectivity index (χ3v) is 12.5. The first kappa shape index (κ1) is 38.8. The van der Waals surface area contributed by atoms with Gasteiger partial charge < -0.3 is 4.57 Å². The lowest BCUT2D eigenvalue weighted by Crippen LogP contribution is -2.10. The van der Waals surface area contributed by atoms with E-state index in [-0.39, 0.29) is 5.84 Å². The van der Waals surface area contributed by atoms with Crippen molar-refractivity contribution < 1.29 is 0 Å². The second-order valence-corrected chi connectivity index (χ2v) is 16.5. The molecule has 0 amide bonds. The molecule has 11 aromatic rings. The summed E-state index contributed by atoms with van der Waals surface area (Å²) in [5, 5.41) is 12.4. The maximum absolute atomic E-state index is 8.93. The number of hydrogen-bond donors (Lipinski definition) is 1. The molecule has 7 heteroatoms. The summed E-state index contributed by atoms with van der Waals surface area (Å²) in [6.45, 7) is 0. The Hall–Kier alpha value is -8.81. The molecule has 66 heavy (non-hydrogen) atoms. The predicted molar refractivity (Wildman–Crippen MR) is 270 cm³/mol. The van der Waals surface area contributed by atoms with Gasteiger partial charge in [0.05, 0.1) is 22.3 Å². The molecule has 8 aromatic carbocycles. The number of aromatic nitrogens is 5. The number of benzene rings is 8. The van der Waals surface area contributed by atoms with E-state index in [1.165, 1.54) is 11.3 Å². The van der Waals surface area contributed by atoms with Crippen LogP contribution in [0.1, 0.15) is 34.4 Å². The number of amidine groups is 1. The van der Waals surface area contributed by atoms with Gasteiger partial charge in [-0.1, -0.05) is 188 Å². The van der Waals surface area contributed by atoms with Crippen LogP contribution in [0, 0.1) is 5.41 Å². The van der Waals surface area contributed by atoms with Crippen molar-refractivity contribution in [3.8, 4) is 45.5 Å². The summed E-state index contributed by atoms with van der Waals surface area (Å²) in [7, 11) is 0. The minimum atomic E-state index is 0.215. The van der Waals surface area contributed by atoms with Crippen LogP contribution in [-0.2, 0) is 6.42 Å². The molecule has 0 radical (unpaired) electrons. The average molecular weight is 848 g/mol. The van der Waals surface area contributed by atoms with Crippen LogP contribution in [0.25, 0.3) is 84.3 Å². The summed E-state index contributed by atoms with van der Waals surface area (Å²) >= 11 is 0. The number of fused-ring (bicyclic) bond motifs is 7. The van der Waals surface area contributed by atoms with Crippen molar-refractivity contribution in [3.63, 3.8) is 0 Å². The quantitative estimate of drug-likeness (QED) is 0.122. The van der Waals surface area contributed by atoms with Gasteiger partial charge in [-0.15, -0.1) is 0 Å². The van der Waals surface area contributed by atoms with Crippen molar-refractivity contribution in [2.45, 2.75) is 12.8 Å². The standard InChI is InChI=1S/C59H41N7/c60-56(42-22-9-3-10-23-42)61-54(40-20-7-2-8-21-40)41-32-34-46(35-33-41)65-51-31-16-14-29-49(51)53-52(65)37-36-48-47-28-13-15-30-50(47)66(55(48)53)59-63-57(43-24-11-4-12-25-43)62-58(64-59)45-27-17-26-44(38-45)39-18-5-1-6-19-39/h1-14,16-29,31-38,60H,15,30H2. The Bertz CT molecular complexity index is 3680. The van der Waals surface area contributed by atoms with Crippen molar-refractivity contribution in [3.05, 3.63) is 240 Å². The van der Waals surface area contributed by atoms with Crippen molar-refractivity contribution in [2.24, 2.45) is 4.99 Å². The molecule has 0 aliphatic heterocycles. The molecule has 3 aromatic heterocycles. The fourth-order valence-electron chi connectivity index (χ4n) is 9.47. The Morgan fingerprint density at radius 2 is 1.09 bits per heavy atom. The zero-order valence-corrected chi connectivity index (χ0v) is 35.9. The SMILES string of the molecule is N=C(N=C(c1ccccc1)c1ccc(-n2c3ccccc3c3c4c(ccc32)c2c(n4-c3nc(-c4ccccc4)nc(-c4cccc(-c5ccccc5)c4)n3)CCC=C2)cc1)c1ccccc1. The summed E-state index contributed by atoms with van der Waals surface area (Å²) in [6, 6.07) is 70.7. The molecule has 12 rings (SSSR count). The molecule has 0 saturated heterocycles. The van der Waals surface area contributed by atoms with Gasteiger partial charge in [-0.3, -0.25) is 9.98 Å². The minimum absolute atomic E-state index is 0.215. The number of allylic oxidation sites excluding steroid dienone is 1. The first-order valence-corrected chi connectivity index (χ1v) is 22.3. The molecule has 0 fully saturated rings. The van der Waals surface area contributed by atoms with Crippen LogP contribution in [0.2, 0.25) is 0 Å². The fourth-order valence-corrected chi connectivity index (χ4v) is 9.47. The van der Waals surface area contributed by atoms with Gasteiger partial charge in [0.25, 0.3) is 0 Å². The lowest BCUT2D eigenvalue weighted by Gasteiger charge is -2.15. The van der Waals surface area contributed by atoms with Gasteiger partial charge >= 0.3 is 0 Å². The number of nitrogens with one attached hydrogen (secondary N) is 1. The highest BCUT2D eigenvalue weighted by atomic mass is 15.2. The number of para-hydroxylation sites is 1. The lowest BCUT2D eigenvalue weighted by atomic mass is 10.0. The molecular weight excluding hydrogens is 807 g/mol. The molecule has 1 aliphatic carbocycles. The maximum atomic E-state index is 8.93. The Balaban J connectivity index is 1.06. The number of aliphatic imine (C=N–C) groups is 1. The molecule has 0 atom stereocenters. The van der Waals surface area contributed by atoms with E-state index in [0.717, 1.165) is 95.9 Å². The third-order valence-electron chi connectivity index (χ3n) is 12.5. The maximum Gasteiger partial charge on any atom is 0.238 e. The molecule has 0 unspecified atom stereocenters. The van der Waals surface area contributed by atoms with Crippen LogP contribution in [0.15, 0.2) is 217 Å². The summed E-state index contributed by atoms with van der Waals surface area (Å²) < 4.78 is 4.67. The zero-order valence-electron chi connectivity index (χ0n) is 35.9. The number of hydrogen-bond acceptors (Lipinski definition) is 4. The molecule has 312 valence electrons. The highest BCUT2D eigenvalue weighted by Crippen LogP contribution is 2.42. The number of rotatable bonds is 8. The average Bonchev–Trinajstić information content (AvgIpc) is 3.92. The Labute approximate surface area is 381 Å². The highest BCUT2D eigenvalue weighted by molar-refractivity contribution is 6.22. The van der Waals surface area contributed by atoms with Crippen LogP contribution in [-0.4, -0.2) is 35.6 Å². The molecular formula is C59H41N7. The normalized spacial score (nSPS) is 12.5. The van der Waals surface area contributed by atoms with Crippen LogP contribution in [0.4, 0.5) is 0 Å². The van der Waals surface area contributed by atoms with Gasteiger partial charge in [0.2, 0.25) is 5.95 Å². The summed E-state index contributed by atoms with van der Waals surface area (Å²) in [6.07, 6.45) is 6.32. The van der Waals surface area contributed by atoms with Crippen LogP contribution < -0.4 is 0 Å². The highest BCUT2D eigenvalue weighted by Gasteiger charge is 2.26. The third kappa shape index (κ3) is 6.82. The van der Waals surface area contributed by atoms with Crippen molar-refractivity contribution in [2.75, 3.05) is 0 Å².